The van der Waals surface area contributed by atoms with Gasteiger partial charge in [-0.1, -0.05) is 0 Å². The molecule has 0 fully saturated rings. The Hall–Kier alpha value is -2.08. The van der Waals surface area contributed by atoms with Crippen molar-refractivity contribution in [3.8, 4) is 0 Å². The van der Waals surface area contributed by atoms with Crippen molar-refractivity contribution in [1.29, 1.82) is 0 Å². The van der Waals surface area contributed by atoms with Crippen molar-refractivity contribution in [3.63, 3.8) is 0 Å². The Morgan fingerprint density at radius 3 is 2.33 bits per heavy atom. The van der Waals surface area contributed by atoms with Gasteiger partial charge in [0.15, 0.2) is 0 Å². The van der Waals surface area contributed by atoms with Crippen LogP contribution in [0.5, 0.6) is 0 Å². The molecule has 6 heteroatoms. The molecule has 0 bridgehead atoms. The minimum atomic E-state index is -0.611. The monoisotopic (exact) mass is 210 g/mol. The van der Waals surface area contributed by atoms with E-state index in [1.807, 2.05) is 0 Å². The van der Waals surface area contributed by atoms with E-state index in [1.54, 1.807) is 0 Å². The molecular formula is C9H10N2O4. The number of amides is 2. The quantitative estimate of drug-likeness (QED) is 0.501. The molecule has 2 amide bonds. The first-order chi connectivity index (χ1) is 7.17. The Kier molecular flexibility index (Phi) is 3.64. The van der Waals surface area contributed by atoms with Crippen molar-refractivity contribution < 1.29 is 19.5 Å². The fraction of sp³-hybridized carbons (Fsp3) is 0.111. The van der Waals surface area contributed by atoms with E-state index in [2.05, 4.69) is 10.1 Å². The molecule has 0 aliphatic rings. The van der Waals surface area contributed by atoms with Gasteiger partial charge in [0.05, 0.1) is 7.11 Å². The van der Waals surface area contributed by atoms with Crippen molar-refractivity contribution in [1.82, 2.24) is 5.48 Å². The van der Waals surface area contributed by atoms with E-state index in [4.69, 9.17) is 5.21 Å². The molecule has 0 aromatic heterocycles. The van der Waals surface area contributed by atoms with Gasteiger partial charge in [0.25, 0.3) is 5.91 Å². The zero-order chi connectivity index (χ0) is 11.3. The molecule has 1 aromatic rings. The van der Waals surface area contributed by atoms with Crippen molar-refractivity contribution in [2.24, 2.45) is 0 Å². The third-order valence-electron chi connectivity index (χ3n) is 1.68. The lowest BCUT2D eigenvalue weighted by Crippen LogP contribution is -2.18. The maximum Gasteiger partial charge on any atom is 0.411 e. The molecule has 0 heterocycles. The van der Waals surface area contributed by atoms with Gasteiger partial charge < -0.3 is 4.74 Å². The van der Waals surface area contributed by atoms with Crippen molar-refractivity contribution in [2.75, 3.05) is 12.4 Å². The SMILES string of the molecule is COC(=O)Nc1ccc(C(=O)NO)cc1. The van der Waals surface area contributed by atoms with Gasteiger partial charge in [-0.15, -0.1) is 0 Å². The van der Waals surface area contributed by atoms with Gasteiger partial charge in [0.1, 0.15) is 0 Å². The van der Waals surface area contributed by atoms with Crippen LogP contribution in [-0.2, 0) is 4.74 Å². The summed E-state index contributed by atoms with van der Waals surface area (Å²) in [7, 11) is 1.25. The molecule has 1 rings (SSSR count). The number of hydrogen-bond donors (Lipinski definition) is 3. The number of carbonyl (C=O) groups excluding carboxylic acids is 2. The van der Waals surface area contributed by atoms with Crippen LogP contribution in [0.1, 0.15) is 10.4 Å². The molecule has 1 aromatic carbocycles. The zero-order valence-electron chi connectivity index (χ0n) is 7.98. The number of ether oxygens (including phenoxy) is 1. The number of rotatable bonds is 2. The number of benzene rings is 1. The minimum absolute atomic E-state index is 0.285. The summed E-state index contributed by atoms with van der Waals surface area (Å²) in [4.78, 5) is 21.7. The molecule has 0 aliphatic carbocycles. The van der Waals surface area contributed by atoms with Gasteiger partial charge in [-0.3, -0.25) is 15.3 Å². The molecule has 0 saturated carbocycles. The summed E-state index contributed by atoms with van der Waals surface area (Å²) in [6.45, 7) is 0. The highest BCUT2D eigenvalue weighted by Gasteiger charge is 2.04. The van der Waals surface area contributed by atoms with E-state index >= 15 is 0 Å². The molecule has 0 unspecified atom stereocenters. The zero-order valence-corrected chi connectivity index (χ0v) is 7.98. The molecule has 3 N–H and O–H groups in total. The van der Waals surface area contributed by atoms with Crippen molar-refractivity contribution in [3.05, 3.63) is 29.8 Å². The van der Waals surface area contributed by atoms with Gasteiger partial charge in [0.2, 0.25) is 0 Å². The summed E-state index contributed by atoms with van der Waals surface area (Å²) >= 11 is 0. The molecule has 80 valence electrons. The number of hydrogen-bond acceptors (Lipinski definition) is 4. The molecular weight excluding hydrogens is 200 g/mol. The predicted molar refractivity (Wildman–Crippen MR) is 51.7 cm³/mol. The van der Waals surface area contributed by atoms with E-state index in [0.717, 1.165) is 0 Å². The maximum atomic E-state index is 10.9. The second-order valence-corrected chi connectivity index (χ2v) is 2.63. The largest absolute Gasteiger partial charge is 0.453 e. The summed E-state index contributed by atoms with van der Waals surface area (Å²) in [6, 6.07) is 5.94. The van der Waals surface area contributed by atoms with Crippen LogP contribution < -0.4 is 10.8 Å². The Morgan fingerprint density at radius 1 is 1.27 bits per heavy atom. The highest BCUT2D eigenvalue weighted by molar-refractivity contribution is 5.94. The number of nitrogens with one attached hydrogen (secondary N) is 2. The third kappa shape index (κ3) is 2.96. The van der Waals surface area contributed by atoms with Crippen LogP contribution in [0.2, 0.25) is 0 Å². The van der Waals surface area contributed by atoms with E-state index in [1.165, 1.54) is 36.9 Å². The van der Waals surface area contributed by atoms with Crippen LogP contribution in [0.25, 0.3) is 0 Å². The molecule has 0 atom stereocenters. The smallest absolute Gasteiger partial charge is 0.411 e. The molecule has 6 nitrogen and oxygen atoms in total. The number of hydroxylamine groups is 1. The highest BCUT2D eigenvalue weighted by atomic mass is 16.5. The lowest BCUT2D eigenvalue weighted by molar-refractivity contribution is 0.0706. The summed E-state index contributed by atoms with van der Waals surface area (Å²) < 4.78 is 4.38. The summed E-state index contributed by atoms with van der Waals surface area (Å²) in [5.74, 6) is -0.611. The van der Waals surface area contributed by atoms with Gasteiger partial charge in [-0.05, 0) is 24.3 Å². The fourth-order valence-corrected chi connectivity index (χ4v) is 0.938. The maximum absolute atomic E-state index is 10.9. The van der Waals surface area contributed by atoms with Gasteiger partial charge >= 0.3 is 6.09 Å². The van der Waals surface area contributed by atoms with Crippen LogP contribution in [-0.4, -0.2) is 24.3 Å². The normalized spacial score (nSPS) is 9.20. The lowest BCUT2D eigenvalue weighted by Gasteiger charge is -2.04. The second-order valence-electron chi connectivity index (χ2n) is 2.63. The Morgan fingerprint density at radius 2 is 1.87 bits per heavy atom. The summed E-state index contributed by atoms with van der Waals surface area (Å²) in [6.07, 6.45) is -0.589. The summed E-state index contributed by atoms with van der Waals surface area (Å²) in [5.41, 5.74) is 2.28. The average molecular weight is 210 g/mol. The Balaban J connectivity index is 2.72. The molecule has 15 heavy (non-hydrogen) atoms. The average Bonchev–Trinajstić information content (AvgIpc) is 2.29. The first-order valence-corrected chi connectivity index (χ1v) is 4.07. The number of methoxy groups -OCH3 is 1. The molecule has 0 radical (unpaired) electrons. The van der Waals surface area contributed by atoms with Crippen LogP contribution in [0.3, 0.4) is 0 Å². The Bertz CT molecular complexity index is 361. The predicted octanol–water partition coefficient (Wildman–Crippen LogP) is 0.984. The standard InChI is InChI=1S/C9H10N2O4/c1-15-9(13)10-7-4-2-6(3-5-7)8(12)11-14/h2-5,14H,1H3,(H,10,13)(H,11,12). The van der Waals surface area contributed by atoms with E-state index < -0.39 is 12.0 Å². The Labute approximate surface area is 85.8 Å². The molecule has 0 spiro atoms. The van der Waals surface area contributed by atoms with Crippen LogP contribution in [0.4, 0.5) is 10.5 Å². The topological polar surface area (TPSA) is 87.7 Å². The van der Waals surface area contributed by atoms with E-state index in [9.17, 15) is 9.59 Å². The van der Waals surface area contributed by atoms with Crippen LogP contribution in [0, 0.1) is 0 Å². The van der Waals surface area contributed by atoms with E-state index in [-0.39, 0.29) is 5.56 Å². The minimum Gasteiger partial charge on any atom is -0.453 e. The third-order valence-corrected chi connectivity index (χ3v) is 1.68. The van der Waals surface area contributed by atoms with E-state index in [0.29, 0.717) is 5.69 Å². The number of anilines is 1. The van der Waals surface area contributed by atoms with Gasteiger partial charge in [0, 0.05) is 11.3 Å². The lowest BCUT2D eigenvalue weighted by atomic mass is 10.2. The molecule has 0 aliphatic heterocycles. The molecule has 0 saturated heterocycles. The van der Waals surface area contributed by atoms with Gasteiger partial charge in [-0.25, -0.2) is 10.3 Å². The second kappa shape index (κ2) is 4.97. The fourth-order valence-electron chi connectivity index (χ4n) is 0.938. The first-order valence-electron chi connectivity index (χ1n) is 4.07. The van der Waals surface area contributed by atoms with Crippen molar-refractivity contribution >= 4 is 17.7 Å². The summed E-state index contributed by atoms with van der Waals surface area (Å²) in [5, 5.41) is 10.8. The first kappa shape index (κ1) is 11.0. The number of carbonyl (C=O) groups is 2. The highest BCUT2D eigenvalue weighted by Crippen LogP contribution is 2.09. The van der Waals surface area contributed by atoms with Gasteiger partial charge in [-0.2, -0.15) is 0 Å². The van der Waals surface area contributed by atoms with Crippen molar-refractivity contribution in [2.45, 2.75) is 0 Å². The van der Waals surface area contributed by atoms with Crippen LogP contribution >= 0.6 is 0 Å². The van der Waals surface area contributed by atoms with Crippen LogP contribution in [0.15, 0.2) is 24.3 Å².